The van der Waals surface area contributed by atoms with E-state index in [1.807, 2.05) is 48.5 Å². The van der Waals surface area contributed by atoms with Gasteiger partial charge in [0, 0.05) is 20.9 Å². The maximum atomic E-state index is 13.7. The fourth-order valence-electron chi connectivity index (χ4n) is 4.16. The van der Waals surface area contributed by atoms with Crippen molar-refractivity contribution in [2.45, 2.75) is 9.79 Å². The lowest BCUT2D eigenvalue weighted by Gasteiger charge is -2.23. The van der Waals surface area contributed by atoms with Crippen molar-refractivity contribution < 1.29 is 4.79 Å². The maximum absolute atomic E-state index is 13.7. The van der Waals surface area contributed by atoms with Gasteiger partial charge >= 0.3 is 0 Å². The average molecular weight is 404 g/mol. The first-order chi connectivity index (χ1) is 14.8. The highest BCUT2D eigenvalue weighted by Gasteiger charge is 2.23. The quantitative estimate of drug-likeness (QED) is 0.241. The third-order valence-corrected chi connectivity index (χ3v) is 6.76. The fraction of sp³-hybridized carbons (Fsp3) is 0. The largest absolute Gasteiger partial charge is 0.353 e. The van der Waals surface area contributed by atoms with Crippen LogP contribution in [0.25, 0.3) is 21.5 Å². The highest BCUT2D eigenvalue weighted by atomic mass is 32.2. The molecule has 5 aromatic rings. The Hall–Kier alpha value is -3.56. The summed E-state index contributed by atoms with van der Waals surface area (Å²) in [5.41, 5.74) is 3.37. The van der Waals surface area contributed by atoms with Crippen LogP contribution in [0.4, 0.5) is 11.4 Å². The highest BCUT2D eigenvalue weighted by Crippen LogP contribution is 2.45. The van der Waals surface area contributed by atoms with E-state index < -0.39 is 0 Å². The van der Waals surface area contributed by atoms with Gasteiger partial charge in [0.15, 0.2) is 5.78 Å². The standard InChI is InChI=1S/C27H17NOS/c29-27(20-10-5-9-19-15-17-7-1-2-8-18(17)16-22(19)20)21-11-6-14-25-26(21)28-23-12-3-4-13-24(23)30-25/h1-16,28H. The summed E-state index contributed by atoms with van der Waals surface area (Å²) in [6.07, 6.45) is 0. The van der Waals surface area contributed by atoms with Crippen LogP contribution in [-0.2, 0) is 0 Å². The average Bonchev–Trinajstić information content (AvgIpc) is 2.80. The van der Waals surface area contributed by atoms with Gasteiger partial charge in [0.25, 0.3) is 0 Å². The van der Waals surface area contributed by atoms with Gasteiger partial charge in [-0.3, -0.25) is 4.79 Å². The molecule has 0 amide bonds. The van der Waals surface area contributed by atoms with Crippen molar-refractivity contribution in [1.29, 1.82) is 0 Å². The van der Waals surface area contributed by atoms with E-state index in [-0.39, 0.29) is 5.78 Å². The minimum atomic E-state index is 0.0419. The van der Waals surface area contributed by atoms with Gasteiger partial charge in [-0.25, -0.2) is 0 Å². The van der Waals surface area contributed by atoms with Crippen molar-refractivity contribution in [3.05, 3.63) is 108 Å². The van der Waals surface area contributed by atoms with Gasteiger partial charge < -0.3 is 5.32 Å². The number of fused-ring (bicyclic) bond motifs is 4. The highest BCUT2D eigenvalue weighted by molar-refractivity contribution is 7.99. The Morgan fingerprint density at radius 2 is 1.30 bits per heavy atom. The summed E-state index contributed by atoms with van der Waals surface area (Å²) in [5, 5.41) is 7.89. The number of hydrogen-bond donors (Lipinski definition) is 1. The first-order valence-corrected chi connectivity index (χ1v) is 10.7. The molecule has 0 aliphatic carbocycles. The molecular formula is C27H17NOS. The Labute approximate surface area is 178 Å². The predicted molar refractivity (Wildman–Crippen MR) is 125 cm³/mol. The van der Waals surface area contributed by atoms with Gasteiger partial charge in [0.1, 0.15) is 0 Å². The van der Waals surface area contributed by atoms with Crippen LogP contribution < -0.4 is 5.32 Å². The van der Waals surface area contributed by atoms with Crippen molar-refractivity contribution in [2.24, 2.45) is 0 Å². The van der Waals surface area contributed by atoms with Crippen LogP contribution in [0.3, 0.4) is 0 Å². The summed E-state index contributed by atoms with van der Waals surface area (Å²) < 4.78 is 0. The number of anilines is 2. The van der Waals surface area contributed by atoms with Crippen LogP contribution in [0.5, 0.6) is 0 Å². The van der Waals surface area contributed by atoms with E-state index in [1.54, 1.807) is 11.8 Å². The van der Waals surface area contributed by atoms with Crippen LogP contribution in [-0.4, -0.2) is 5.78 Å². The first-order valence-electron chi connectivity index (χ1n) is 9.91. The Balaban J connectivity index is 1.52. The number of rotatable bonds is 2. The van der Waals surface area contributed by atoms with Gasteiger partial charge in [-0.1, -0.05) is 72.4 Å². The van der Waals surface area contributed by atoms with Gasteiger partial charge in [-0.05, 0) is 57.9 Å². The molecule has 0 unspecified atom stereocenters. The smallest absolute Gasteiger partial charge is 0.195 e. The third kappa shape index (κ3) is 2.71. The SMILES string of the molecule is O=C(c1cccc2c1Nc1ccccc1S2)c1cccc2cc3ccccc3cc12. The zero-order chi connectivity index (χ0) is 20.1. The van der Waals surface area contributed by atoms with E-state index in [9.17, 15) is 4.79 Å². The maximum Gasteiger partial charge on any atom is 0.195 e. The topological polar surface area (TPSA) is 29.1 Å². The van der Waals surface area contributed by atoms with Crippen molar-refractivity contribution in [3.8, 4) is 0 Å². The van der Waals surface area contributed by atoms with E-state index in [1.165, 1.54) is 10.3 Å². The summed E-state index contributed by atoms with van der Waals surface area (Å²) in [6.45, 7) is 0. The van der Waals surface area contributed by atoms with Crippen molar-refractivity contribution in [3.63, 3.8) is 0 Å². The van der Waals surface area contributed by atoms with E-state index >= 15 is 0 Å². The molecule has 1 heterocycles. The zero-order valence-corrected chi connectivity index (χ0v) is 16.9. The van der Waals surface area contributed by atoms with Gasteiger partial charge in [-0.15, -0.1) is 0 Å². The molecule has 6 rings (SSSR count). The van der Waals surface area contributed by atoms with Gasteiger partial charge in [0.05, 0.1) is 11.4 Å². The summed E-state index contributed by atoms with van der Waals surface area (Å²) in [4.78, 5) is 16.0. The second-order valence-corrected chi connectivity index (χ2v) is 8.54. The molecule has 142 valence electrons. The van der Waals surface area contributed by atoms with Gasteiger partial charge in [-0.2, -0.15) is 0 Å². The molecule has 1 N–H and O–H groups in total. The minimum absolute atomic E-state index is 0.0419. The van der Waals surface area contributed by atoms with Crippen LogP contribution in [0, 0.1) is 0 Å². The van der Waals surface area contributed by atoms with Crippen LogP contribution in [0.2, 0.25) is 0 Å². The van der Waals surface area contributed by atoms with Crippen LogP contribution in [0.1, 0.15) is 15.9 Å². The lowest BCUT2D eigenvalue weighted by Crippen LogP contribution is -2.09. The van der Waals surface area contributed by atoms with Crippen molar-refractivity contribution >= 4 is 50.5 Å². The number of hydrogen-bond acceptors (Lipinski definition) is 3. The molecule has 1 aliphatic rings. The molecule has 0 atom stereocenters. The summed E-state index contributed by atoms with van der Waals surface area (Å²) in [7, 11) is 0. The predicted octanol–water partition coefficient (Wildman–Crippen LogP) is 7.43. The van der Waals surface area contributed by atoms with Crippen LogP contribution >= 0.6 is 11.8 Å². The fourth-order valence-corrected chi connectivity index (χ4v) is 5.18. The monoisotopic (exact) mass is 403 g/mol. The molecule has 0 bridgehead atoms. The third-order valence-electron chi connectivity index (χ3n) is 5.63. The Morgan fingerprint density at radius 1 is 0.633 bits per heavy atom. The molecule has 2 nitrogen and oxygen atoms in total. The normalized spacial score (nSPS) is 12.3. The van der Waals surface area contributed by atoms with E-state index in [0.29, 0.717) is 5.56 Å². The van der Waals surface area contributed by atoms with Crippen LogP contribution in [0.15, 0.2) is 107 Å². The van der Waals surface area contributed by atoms with E-state index in [2.05, 4.69) is 53.8 Å². The Kier molecular flexibility index (Phi) is 3.90. The molecule has 0 aromatic heterocycles. The lowest BCUT2D eigenvalue weighted by molar-refractivity contribution is 0.104. The Morgan fingerprint density at radius 3 is 2.20 bits per heavy atom. The number of carbonyl (C=O) groups is 1. The molecule has 0 spiro atoms. The Bertz CT molecular complexity index is 1470. The lowest BCUT2D eigenvalue weighted by atomic mass is 9.94. The molecule has 1 aliphatic heterocycles. The molecule has 0 radical (unpaired) electrons. The van der Waals surface area contributed by atoms with E-state index in [0.717, 1.165) is 38.0 Å². The second-order valence-electron chi connectivity index (χ2n) is 7.46. The number of ketones is 1. The molecule has 5 aromatic carbocycles. The minimum Gasteiger partial charge on any atom is -0.353 e. The molecule has 30 heavy (non-hydrogen) atoms. The summed E-state index contributed by atoms with van der Waals surface area (Å²) >= 11 is 1.70. The van der Waals surface area contributed by atoms with Crippen molar-refractivity contribution in [2.75, 3.05) is 5.32 Å². The molecule has 0 saturated heterocycles. The van der Waals surface area contributed by atoms with Gasteiger partial charge in [0.2, 0.25) is 0 Å². The number of para-hydroxylation sites is 2. The molecule has 0 saturated carbocycles. The zero-order valence-electron chi connectivity index (χ0n) is 16.1. The number of benzene rings is 5. The molecular weight excluding hydrogens is 386 g/mol. The summed E-state index contributed by atoms with van der Waals surface area (Å²) in [6, 6.07) is 32.7. The number of carbonyl (C=O) groups excluding carboxylic acids is 1. The number of nitrogens with one attached hydrogen (secondary N) is 1. The second kappa shape index (κ2) is 6.75. The molecule has 3 heteroatoms. The van der Waals surface area contributed by atoms with Crippen molar-refractivity contribution in [1.82, 2.24) is 0 Å². The van der Waals surface area contributed by atoms with E-state index in [4.69, 9.17) is 0 Å². The molecule has 0 fully saturated rings. The first kappa shape index (κ1) is 17.3. The summed E-state index contributed by atoms with van der Waals surface area (Å²) in [5.74, 6) is 0.0419.